The second-order valence-corrected chi connectivity index (χ2v) is 7.17. The Labute approximate surface area is 157 Å². The second kappa shape index (κ2) is 8.10. The number of hydrogen-bond acceptors (Lipinski definition) is 5. The van der Waals surface area contributed by atoms with Crippen LogP contribution in [0.15, 0.2) is 53.9 Å². The van der Waals surface area contributed by atoms with Gasteiger partial charge in [-0.05, 0) is 41.1 Å². The molecule has 0 bridgehead atoms. The Morgan fingerprint density at radius 3 is 2.42 bits per heavy atom. The average molecular weight is 366 g/mol. The first-order chi connectivity index (χ1) is 12.6. The second-order valence-electron chi connectivity index (χ2n) is 6.19. The monoisotopic (exact) mass is 366 g/mol. The Hall–Kier alpha value is -2.73. The molecular weight excluding hydrogens is 344 g/mol. The minimum Gasteiger partial charge on any atom is -0.361 e. The first kappa shape index (κ1) is 18.1. The van der Waals surface area contributed by atoms with E-state index >= 15 is 0 Å². The summed E-state index contributed by atoms with van der Waals surface area (Å²) in [6.45, 7) is 2.13. The Morgan fingerprint density at radius 2 is 1.88 bits per heavy atom. The quantitative estimate of drug-likeness (QED) is 0.723. The smallest absolute Gasteiger partial charge is 0.272 e. The van der Waals surface area contributed by atoms with E-state index in [1.165, 1.54) is 5.56 Å². The molecular formula is C20H22N4OS. The predicted octanol–water partition coefficient (Wildman–Crippen LogP) is 3.69. The number of benzene rings is 1. The Balaban J connectivity index is 1.84. The van der Waals surface area contributed by atoms with E-state index in [0.29, 0.717) is 11.5 Å². The lowest BCUT2D eigenvalue weighted by molar-refractivity contribution is 0.0937. The average Bonchev–Trinajstić information content (AvgIpc) is 3.20. The van der Waals surface area contributed by atoms with Crippen molar-refractivity contribution < 1.29 is 4.79 Å². The van der Waals surface area contributed by atoms with Gasteiger partial charge in [0.1, 0.15) is 0 Å². The van der Waals surface area contributed by atoms with Crippen molar-refractivity contribution in [2.75, 3.05) is 19.0 Å². The number of thiophene rings is 1. The summed E-state index contributed by atoms with van der Waals surface area (Å²) in [6, 6.07) is 15.7. The molecule has 0 aliphatic heterocycles. The van der Waals surface area contributed by atoms with Gasteiger partial charge in [0.05, 0.1) is 6.04 Å². The van der Waals surface area contributed by atoms with Crippen molar-refractivity contribution in [3.63, 3.8) is 0 Å². The number of hydrogen-bond donors (Lipinski definition) is 1. The third-order valence-electron chi connectivity index (χ3n) is 4.17. The van der Waals surface area contributed by atoms with E-state index in [2.05, 4.69) is 46.7 Å². The van der Waals surface area contributed by atoms with Gasteiger partial charge in [-0.3, -0.25) is 4.79 Å². The van der Waals surface area contributed by atoms with E-state index in [0.717, 1.165) is 16.9 Å². The minimum absolute atomic E-state index is 0.205. The zero-order chi connectivity index (χ0) is 18.5. The molecule has 3 rings (SSSR count). The lowest BCUT2D eigenvalue weighted by atomic mass is 10.0. The molecule has 0 radical (unpaired) electrons. The van der Waals surface area contributed by atoms with Gasteiger partial charge in [0.2, 0.25) is 0 Å². The molecule has 5 nitrogen and oxygen atoms in total. The maximum atomic E-state index is 12.7. The molecule has 3 aromatic rings. The summed E-state index contributed by atoms with van der Waals surface area (Å²) in [5.41, 5.74) is 2.63. The van der Waals surface area contributed by atoms with Crippen LogP contribution in [0.1, 0.15) is 39.5 Å². The van der Waals surface area contributed by atoms with Crippen LogP contribution in [0.25, 0.3) is 0 Å². The van der Waals surface area contributed by atoms with Gasteiger partial charge in [0, 0.05) is 19.0 Å². The maximum Gasteiger partial charge on any atom is 0.272 e. The third-order valence-corrected chi connectivity index (χ3v) is 5.10. The summed E-state index contributed by atoms with van der Waals surface area (Å²) in [5.74, 6) is 0.479. The van der Waals surface area contributed by atoms with Crippen LogP contribution in [0.2, 0.25) is 0 Å². The number of aromatic nitrogens is 2. The summed E-state index contributed by atoms with van der Waals surface area (Å²) in [4.78, 5) is 15.6. The molecule has 0 aliphatic rings. The van der Waals surface area contributed by atoms with E-state index in [4.69, 9.17) is 0 Å². The molecule has 0 aliphatic carbocycles. The highest BCUT2D eigenvalue weighted by Crippen LogP contribution is 2.26. The van der Waals surface area contributed by atoms with Crippen LogP contribution in [0, 0.1) is 0 Å². The van der Waals surface area contributed by atoms with E-state index in [1.807, 2.05) is 36.5 Å². The topological polar surface area (TPSA) is 58.1 Å². The summed E-state index contributed by atoms with van der Waals surface area (Å²) in [5, 5.41) is 13.2. The number of aryl methyl sites for hydroxylation is 1. The van der Waals surface area contributed by atoms with Crippen LogP contribution in [-0.2, 0) is 6.42 Å². The first-order valence-corrected chi connectivity index (χ1v) is 9.40. The molecule has 0 spiro atoms. The highest BCUT2D eigenvalue weighted by molar-refractivity contribution is 7.10. The van der Waals surface area contributed by atoms with Gasteiger partial charge >= 0.3 is 0 Å². The van der Waals surface area contributed by atoms with Gasteiger partial charge in [-0.2, -0.15) is 0 Å². The van der Waals surface area contributed by atoms with Gasteiger partial charge in [-0.25, -0.2) is 0 Å². The van der Waals surface area contributed by atoms with Crippen molar-refractivity contribution in [2.45, 2.75) is 19.4 Å². The molecule has 1 atom stereocenters. The molecule has 0 saturated heterocycles. The fourth-order valence-corrected chi connectivity index (χ4v) is 3.41. The number of anilines is 1. The fraction of sp³-hybridized carbons (Fsp3) is 0.250. The third kappa shape index (κ3) is 4.08. The Kier molecular flexibility index (Phi) is 5.63. The lowest BCUT2D eigenvalue weighted by Gasteiger charge is -2.18. The van der Waals surface area contributed by atoms with Crippen LogP contribution >= 0.6 is 11.3 Å². The minimum atomic E-state index is -0.235. The Morgan fingerprint density at radius 1 is 1.12 bits per heavy atom. The van der Waals surface area contributed by atoms with Crippen LogP contribution in [0.5, 0.6) is 0 Å². The van der Waals surface area contributed by atoms with Crippen molar-refractivity contribution in [2.24, 2.45) is 0 Å². The highest BCUT2D eigenvalue weighted by Gasteiger charge is 2.20. The highest BCUT2D eigenvalue weighted by atomic mass is 32.1. The largest absolute Gasteiger partial charge is 0.361 e. The molecule has 134 valence electrons. The molecule has 1 aromatic carbocycles. The number of nitrogens with zero attached hydrogens (tertiary/aromatic N) is 3. The molecule has 6 heteroatoms. The molecule has 2 heterocycles. The number of carbonyl (C=O) groups is 1. The number of carbonyl (C=O) groups excluding carboxylic acids is 1. The van der Waals surface area contributed by atoms with Gasteiger partial charge in [-0.1, -0.05) is 37.3 Å². The Bertz CT molecular complexity index is 843. The summed E-state index contributed by atoms with van der Waals surface area (Å²) in [6.07, 6.45) is 0.990. The van der Waals surface area contributed by atoms with E-state index in [9.17, 15) is 4.79 Å². The normalized spacial score (nSPS) is 11.8. The van der Waals surface area contributed by atoms with Gasteiger partial charge in [0.25, 0.3) is 5.91 Å². The predicted molar refractivity (Wildman–Crippen MR) is 106 cm³/mol. The van der Waals surface area contributed by atoms with Crippen LogP contribution in [0.3, 0.4) is 0 Å². The molecule has 1 amide bonds. The molecule has 1 unspecified atom stereocenters. The van der Waals surface area contributed by atoms with Crippen molar-refractivity contribution >= 4 is 23.1 Å². The summed E-state index contributed by atoms with van der Waals surface area (Å²) < 4.78 is 0. The standard InChI is InChI=1S/C20H22N4OS/c1-4-14-7-9-15(10-8-14)19(17-6-5-13-26-17)21-20(25)16-11-12-18(23-22-16)24(2)3/h5-13,19H,4H2,1-3H3,(H,21,25). The zero-order valence-corrected chi connectivity index (χ0v) is 16.0. The van der Waals surface area contributed by atoms with Crippen LogP contribution in [-0.4, -0.2) is 30.2 Å². The van der Waals surface area contributed by atoms with Crippen molar-refractivity contribution in [3.8, 4) is 0 Å². The first-order valence-electron chi connectivity index (χ1n) is 8.52. The van der Waals surface area contributed by atoms with Crippen molar-refractivity contribution in [3.05, 3.63) is 75.6 Å². The summed E-state index contributed by atoms with van der Waals surface area (Å²) >= 11 is 1.62. The molecule has 26 heavy (non-hydrogen) atoms. The van der Waals surface area contributed by atoms with E-state index in [-0.39, 0.29) is 11.9 Å². The van der Waals surface area contributed by atoms with Gasteiger partial charge < -0.3 is 10.2 Å². The molecule has 0 saturated carbocycles. The number of amides is 1. The number of rotatable bonds is 6. The van der Waals surface area contributed by atoms with Crippen molar-refractivity contribution in [1.29, 1.82) is 0 Å². The zero-order valence-electron chi connectivity index (χ0n) is 15.1. The fourth-order valence-electron chi connectivity index (χ4n) is 2.61. The molecule has 1 N–H and O–H groups in total. The maximum absolute atomic E-state index is 12.7. The SMILES string of the molecule is CCc1ccc(C(NC(=O)c2ccc(N(C)C)nn2)c2cccs2)cc1. The molecule has 2 aromatic heterocycles. The number of nitrogens with one attached hydrogen (secondary N) is 1. The summed E-state index contributed by atoms with van der Waals surface area (Å²) in [7, 11) is 3.77. The van der Waals surface area contributed by atoms with Gasteiger partial charge in [-0.15, -0.1) is 21.5 Å². The lowest BCUT2D eigenvalue weighted by Crippen LogP contribution is -2.29. The van der Waals surface area contributed by atoms with Crippen molar-refractivity contribution in [1.82, 2.24) is 15.5 Å². The van der Waals surface area contributed by atoms with Gasteiger partial charge in [0.15, 0.2) is 11.5 Å². The molecule has 0 fully saturated rings. The van der Waals surface area contributed by atoms with E-state index < -0.39 is 0 Å². The van der Waals surface area contributed by atoms with E-state index in [1.54, 1.807) is 23.5 Å². The van der Waals surface area contributed by atoms with Crippen LogP contribution in [0.4, 0.5) is 5.82 Å². The van der Waals surface area contributed by atoms with Crippen LogP contribution < -0.4 is 10.2 Å².